The van der Waals surface area contributed by atoms with Gasteiger partial charge in [0.25, 0.3) is 5.89 Å². The summed E-state index contributed by atoms with van der Waals surface area (Å²) in [6.45, 7) is 2.99. The Labute approximate surface area is 179 Å². The third kappa shape index (κ3) is 4.64. The Kier molecular flexibility index (Phi) is 6.32. The van der Waals surface area contributed by atoms with Crippen LogP contribution in [0.25, 0.3) is 22.8 Å². The van der Waals surface area contributed by atoms with Gasteiger partial charge in [-0.1, -0.05) is 16.9 Å². The quantitative estimate of drug-likeness (QED) is 0.546. The standard InChI is InChI=1S/C22H24N4O3S/c1-15-5-3-4-12-26(15)20(27)14-30-19-11-8-17(13-23-19)22-24-21(25-29-22)16-6-9-18(28-2)10-7-16/h6-11,13,15H,3-5,12,14H2,1-2H3. The van der Waals surface area contributed by atoms with Crippen LogP contribution in [0.3, 0.4) is 0 Å². The lowest BCUT2D eigenvalue weighted by Crippen LogP contribution is -2.42. The van der Waals surface area contributed by atoms with Crippen LogP contribution in [0.5, 0.6) is 5.75 Å². The number of carbonyl (C=O) groups is 1. The summed E-state index contributed by atoms with van der Waals surface area (Å²) in [4.78, 5) is 23.4. The van der Waals surface area contributed by atoms with Gasteiger partial charge in [-0.15, -0.1) is 0 Å². The molecule has 4 rings (SSSR count). The molecule has 2 aromatic heterocycles. The molecule has 7 nitrogen and oxygen atoms in total. The predicted molar refractivity (Wildman–Crippen MR) is 115 cm³/mol. The summed E-state index contributed by atoms with van der Waals surface area (Å²) in [5.41, 5.74) is 1.58. The molecule has 3 aromatic rings. The number of thioether (sulfide) groups is 1. The molecule has 1 aromatic carbocycles. The molecule has 0 spiro atoms. The molecule has 3 heterocycles. The molecule has 1 aliphatic rings. The van der Waals surface area contributed by atoms with E-state index in [1.54, 1.807) is 13.3 Å². The van der Waals surface area contributed by atoms with E-state index in [2.05, 4.69) is 22.0 Å². The predicted octanol–water partition coefficient (Wildman–Crippen LogP) is 4.30. The van der Waals surface area contributed by atoms with Crippen molar-refractivity contribution in [1.82, 2.24) is 20.0 Å². The fourth-order valence-electron chi connectivity index (χ4n) is 3.48. The minimum absolute atomic E-state index is 0.180. The van der Waals surface area contributed by atoms with Crippen LogP contribution in [0.2, 0.25) is 0 Å². The highest BCUT2D eigenvalue weighted by Gasteiger charge is 2.23. The first-order valence-corrected chi connectivity index (χ1v) is 11.0. The number of methoxy groups -OCH3 is 1. The highest BCUT2D eigenvalue weighted by atomic mass is 32.2. The molecule has 1 saturated heterocycles. The van der Waals surface area contributed by atoms with E-state index in [1.165, 1.54) is 18.2 Å². The van der Waals surface area contributed by atoms with E-state index in [1.807, 2.05) is 41.3 Å². The third-order valence-corrected chi connectivity index (χ3v) is 6.15. The van der Waals surface area contributed by atoms with E-state index in [0.29, 0.717) is 23.5 Å². The van der Waals surface area contributed by atoms with E-state index in [4.69, 9.17) is 9.26 Å². The lowest BCUT2D eigenvalue weighted by atomic mass is 10.0. The van der Waals surface area contributed by atoms with E-state index in [0.717, 1.165) is 41.3 Å². The van der Waals surface area contributed by atoms with Crippen LogP contribution >= 0.6 is 11.8 Å². The number of carbonyl (C=O) groups excluding carboxylic acids is 1. The lowest BCUT2D eigenvalue weighted by molar-refractivity contribution is -0.131. The summed E-state index contributed by atoms with van der Waals surface area (Å²) in [7, 11) is 1.63. The Hall–Kier alpha value is -2.87. The Bertz CT molecular complexity index is 988. The van der Waals surface area contributed by atoms with Gasteiger partial charge in [-0.3, -0.25) is 4.79 Å². The van der Waals surface area contributed by atoms with E-state index in [9.17, 15) is 4.79 Å². The molecule has 1 aliphatic heterocycles. The summed E-state index contributed by atoms with van der Waals surface area (Å²) >= 11 is 1.45. The second kappa shape index (κ2) is 9.30. The zero-order valence-corrected chi connectivity index (χ0v) is 17.9. The molecule has 0 N–H and O–H groups in total. The van der Waals surface area contributed by atoms with Crippen molar-refractivity contribution in [3.05, 3.63) is 42.6 Å². The number of likely N-dealkylation sites (tertiary alicyclic amines) is 1. The molecule has 0 saturated carbocycles. The summed E-state index contributed by atoms with van der Waals surface area (Å²) in [5.74, 6) is 2.27. The Balaban J connectivity index is 1.37. The third-order valence-electron chi connectivity index (χ3n) is 5.22. The largest absolute Gasteiger partial charge is 0.497 e. The van der Waals surface area contributed by atoms with E-state index < -0.39 is 0 Å². The van der Waals surface area contributed by atoms with E-state index in [-0.39, 0.29) is 5.91 Å². The summed E-state index contributed by atoms with van der Waals surface area (Å²) in [5, 5.41) is 4.85. The molecule has 30 heavy (non-hydrogen) atoms. The van der Waals surface area contributed by atoms with Crippen LogP contribution in [0, 0.1) is 0 Å². The van der Waals surface area contributed by atoms with Crippen LogP contribution < -0.4 is 4.74 Å². The normalized spacial score (nSPS) is 16.5. The van der Waals surface area contributed by atoms with Crippen molar-refractivity contribution in [3.8, 4) is 28.6 Å². The number of ether oxygens (including phenoxy) is 1. The number of hydrogen-bond acceptors (Lipinski definition) is 7. The minimum atomic E-state index is 0.180. The number of piperidine rings is 1. The van der Waals surface area contributed by atoms with Crippen LogP contribution in [-0.2, 0) is 4.79 Å². The van der Waals surface area contributed by atoms with Crippen molar-refractivity contribution in [2.24, 2.45) is 0 Å². The van der Waals surface area contributed by atoms with Crippen molar-refractivity contribution < 1.29 is 14.1 Å². The average molecular weight is 425 g/mol. The highest BCUT2D eigenvalue weighted by molar-refractivity contribution is 7.99. The van der Waals surface area contributed by atoms with Crippen LogP contribution in [0.1, 0.15) is 26.2 Å². The second-order valence-electron chi connectivity index (χ2n) is 7.26. The van der Waals surface area contributed by atoms with Crippen LogP contribution in [-0.4, -0.2) is 51.4 Å². The Morgan fingerprint density at radius 1 is 1.20 bits per heavy atom. The van der Waals surface area contributed by atoms with Gasteiger partial charge < -0.3 is 14.2 Å². The first-order valence-electron chi connectivity index (χ1n) is 10.0. The Morgan fingerprint density at radius 3 is 2.70 bits per heavy atom. The average Bonchev–Trinajstić information content (AvgIpc) is 3.28. The fraction of sp³-hybridized carbons (Fsp3) is 0.364. The zero-order chi connectivity index (χ0) is 20.9. The van der Waals surface area contributed by atoms with Crippen LogP contribution in [0.4, 0.5) is 0 Å². The summed E-state index contributed by atoms with van der Waals surface area (Å²) < 4.78 is 10.6. The first-order chi connectivity index (χ1) is 14.6. The van der Waals surface area contributed by atoms with Gasteiger partial charge in [0.15, 0.2) is 0 Å². The molecular weight excluding hydrogens is 400 g/mol. The number of pyridine rings is 1. The lowest BCUT2D eigenvalue weighted by Gasteiger charge is -2.33. The molecule has 1 fully saturated rings. The maximum atomic E-state index is 12.5. The Morgan fingerprint density at radius 2 is 2.00 bits per heavy atom. The molecule has 0 bridgehead atoms. The van der Waals surface area contributed by atoms with Crippen molar-refractivity contribution in [3.63, 3.8) is 0 Å². The summed E-state index contributed by atoms with van der Waals surface area (Å²) in [6.07, 6.45) is 5.08. The van der Waals surface area contributed by atoms with Gasteiger partial charge in [-0.2, -0.15) is 4.98 Å². The second-order valence-corrected chi connectivity index (χ2v) is 8.25. The molecule has 0 radical (unpaired) electrons. The zero-order valence-electron chi connectivity index (χ0n) is 17.1. The molecule has 1 atom stereocenters. The van der Waals surface area contributed by atoms with Gasteiger partial charge in [0.2, 0.25) is 11.7 Å². The number of benzene rings is 1. The van der Waals surface area contributed by atoms with Crippen molar-refractivity contribution in [2.75, 3.05) is 19.4 Å². The van der Waals surface area contributed by atoms with Gasteiger partial charge in [-0.05, 0) is 62.6 Å². The van der Waals surface area contributed by atoms with Gasteiger partial charge in [0.1, 0.15) is 5.75 Å². The highest BCUT2D eigenvalue weighted by Crippen LogP contribution is 2.25. The number of hydrogen-bond donors (Lipinski definition) is 0. The summed E-state index contributed by atoms with van der Waals surface area (Å²) in [6, 6.07) is 11.6. The molecule has 8 heteroatoms. The monoisotopic (exact) mass is 424 g/mol. The van der Waals surface area contributed by atoms with Gasteiger partial charge in [-0.25, -0.2) is 4.98 Å². The van der Waals surface area contributed by atoms with Crippen molar-refractivity contribution >= 4 is 17.7 Å². The maximum Gasteiger partial charge on any atom is 0.259 e. The van der Waals surface area contributed by atoms with Crippen molar-refractivity contribution in [1.29, 1.82) is 0 Å². The topological polar surface area (TPSA) is 81.4 Å². The fourth-order valence-corrected chi connectivity index (χ4v) is 4.21. The van der Waals surface area contributed by atoms with Gasteiger partial charge in [0.05, 0.1) is 23.5 Å². The molecule has 156 valence electrons. The van der Waals surface area contributed by atoms with E-state index >= 15 is 0 Å². The number of aromatic nitrogens is 3. The molecular formula is C22H24N4O3S. The molecule has 1 unspecified atom stereocenters. The number of nitrogens with zero attached hydrogens (tertiary/aromatic N) is 4. The van der Waals surface area contributed by atoms with Gasteiger partial charge >= 0.3 is 0 Å². The first kappa shape index (κ1) is 20.4. The SMILES string of the molecule is COc1ccc(-c2noc(-c3ccc(SCC(=O)N4CCCCC4C)nc3)n2)cc1. The number of rotatable bonds is 6. The smallest absolute Gasteiger partial charge is 0.259 e. The molecule has 0 aliphatic carbocycles. The number of amides is 1. The maximum absolute atomic E-state index is 12.5. The van der Waals surface area contributed by atoms with Crippen molar-refractivity contribution in [2.45, 2.75) is 37.3 Å². The van der Waals surface area contributed by atoms with Crippen LogP contribution in [0.15, 0.2) is 52.1 Å². The van der Waals surface area contributed by atoms with Gasteiger partial charge in [0, 0.05) is 24.3 Å². The minimum Gasteiger partial charge on any atom is -0.497 e. The molecule has 1 amide bonds.